The Labute approximate surface area is 125 Å². The highest BCUT2D eigenvalue weighted by Gasteiger charge is 2.36. The molecule has 0 radical (unpaired) electrons. The van der Waals surface area contributed by atoms with Gasteiger partial charge in [0.05, 0.1) is 6.10 Å². The third kappa shape index (κ3) is 2.64. The molecule has 3 unspecified atom stereocenters. The van der Waals surface area contributed by atoms with E-state index in [1.165, 1.54) is 11.1 Å². The molecule has 0 aliphatic carbocycles. The van der Waals surface area contributed by atoms with Gasteiger partial charge in [-0.1, -0.05) is 6.07 Å². The fourth-order valence-electron chi connectivity index (χ4n) is 3.24. The highest BCUT2D eigenvalue weighted by Crippen LogP contribution is 2.33. The Bertz CT molecular complexity index is 536. The van der Waals surface area contributed by atoms with Gasteiger partial charge in [0.2, 0.25) is 0 Å². The molecule has 114 valence electrons. The summed E-state index contributed by atoms with van der Waals surface area (Å²) in [5.74, 6) is 1.11. The van der Waals surface area contributed by atoms with Crippen LogP contribution in [0.2, 0.25) is 0 Å². The Morgan fingerprint density at radius 2 is 2.10 bits per heavy atom. The van der Waals surface area contributed by atoms with Crippen LogP contribution >= 0.6 is 0 Å². The number of carbonyl (C=O) groups excluding carboxylic acids is 1. The molecule has 3 atom stereocenters. The van der Waals surface area contributed by atoms with Crippen LogP contribution in [0.15, 0.2) is 12.1 Å². The topological polar surface area (TPSA) is 49.8 Å². The van der Waals surface area contributed by atoms with Crippen LogP contribution in [0.25, 0.3) is 0 Å². The Hall–Kier alpha value is -1.55. The summed E-state index contributed by atoms with van der Waals surface area (Å²) < 4.78 is 5.86. The molecule has 2 aliphatic heterocycles. The van der Waals surface area contributed by atoms with Crippen molar-refractivity contribution in [3.05, 3.63) is 28.8 Å². The van der Waals surface area contributed by atoms with E-state index in [-0.39, 0.29) is 17.9 Å². The van der Waals surface area contributed by atoms with E-state index < -0.39 is 6.10 Å². The van der Waals surface area contributed by atoms with Gasteiger partial charge in [-0.25, -0.2) is 0 Å². The third-order valence-corrected chi connectivity index (χ3v) is 4.85. The number of hydrogen-bond donors (Lipinski definition) is 1. The molecule has 3 rings (SSSR count). The van der Waals surface area contributed by atoms with Crippen LogP contribution in [-0.2, 0) is 11.2 Å². The number of carbonyl (C=O) groups is 1. The predicted molar refractivity (Wildman–Crippen MR) is 80.4 cm³/mol. The minimum absolute atomic E-state index is 0.0599. The lowest BCUT2D eigenvalue weighted by molar-refractivity contribution is -0.137. The predicted octanol–water partition coefficient (Wildman–Crippen LogP) is 1.84. The molecule has 1 fully saturated rings. The molecule has 4 nitrogen and oxygen atoms in total. The number of aryl methyl sites for hydroxylation is 2. The van der Waals surface area contributed by atoms with Gasteiger partial charge in [0, 0.05) is 25.4 Å². The molecule has 1 aromatic carbocycles. The van der Waals surface area contributed by atoms with E-state index in [4.69, 9.17) is 4.74 Å². The fraction of sp³-hybridized carbons (Fsp3) is 0.588. The molecule has 2 aliphatic rings. The molecule has 0 bridgehead atoms. The fourth-order valence-corrected chi connectivity index (χ4v) is 3.24. The minimum Gasteiger partial charge on any atom is -0.480 e. The van der Waals surface area contributed by atoms with Gasteiger partial charge in [0.1, 0.15) is 5.75 Å². The summed E-state index contributed by atoms with van der Waals surface area (Å²) in [5, 5.41) is 9.65. The lowest BCUT2D eigenvalue weighted by Crippen LogP contribution is -2.40. The summed E-state index contributed by atoms with van der Waals surface area (Å²) in [5.41, 5.74) is 3.56. The molecular weight excluding hydrogens is 266 g/mol. The average molecular weight is 289 g/mol. The smallest absolute Gasteiger partial charge is 0.264 e. The van der Waals surface area contributed by atoms with Gasteiger partial charge in [-0.15, -0.1) is 0 Å². The molecule has 0 saturated carbocycles. The zero-order valence-electron chi connectivity index (χ0n) is 12.9. The summed E-state index contributed by atoms with van der Waals surface area (Å²) in [4.78, 5) is 14.4. The summed E-state index contributed by atoms with van der Waals surface area (Å²) in [6.07, 6.45) is 0.788. The first kappa shape index (κ1) is 14.4. The number of rotatable bonds is 2. The van der Waals surface area contributed by atoms with E-state index >= 15 is 0 Å². The number of ether oxygens (including phenoxy) is 1. The van der Waals surface area contributed by atoms with E-state index in [2.05, 4.69) is 19.9 Å². The summed E-state index contributed by atoms with van der Waals surface area (Å²) in [6.45, 7) is 7.31. The van der Waals surface area contributed by atoms with E-state index in [1.807, 2.05) is 11.0 Å². The number of aliphatic hydroxyl groups is 1. The third-order valence-electron chi connectivity index (χ3n) is 4.85. The molecule has 1 N–H and O–H groups in total. The molecule has 1 amide bonds. The summed E-state index contributed by atoms with van der Waals surface area (Å²) in [7, 11) is 0. The van der Waals surface area contributed by atoms with Crippen molar-refractivity contribution in [3.8, 4) is 5.75 Å². The molecule has 2 heterocycles. The van der Waals surface area contributed by atoms with Crippen LogP contribution in [0.4, 0.5) is 0 Å². The molecule has 4 heteroatoms. The van der Waals surface area contributed by atoms with Crippen LogP contribution in [0.5, 0.6) is 5.75 Å². The standard InChI is InChI=1S/C17H23NO3/c1-10-6-14-8-16(21-15(14)7-11(10)2)17(20)18-5-4-13(9-18)12(3)19/h6-7,12-13,16,19H,4-5,8-9H2,1-3H3. The number of amides is 1. The maximum Gasteiger partial charge on any atom is 0.264 e. The average Bonchev–Trinajstić information content (AvgIpc) is 3.05. The Balaban J connectivity index is 1.69. The molecule has 0 aromatic heterocycles. The first-order valence-electron chi connectivity index (χ1n) is 7.69. The Kier molecular flexibility index (Phi) is 3.66. The van der Waals surface area contributed by atoms with Crippen molar-refractivity contribution in [1.82, 2.24) is 4.90 Å². The first-order chi connectivity index (χ1) is 9.95. The van der Waals surface area contributed by atoms with Gasteiger partial charge >= 0.3 is 0 Å². The maximum absolute atomic E-state index is 12.6. The van der Waals surface area contributed by atoms with Gasteiger partial charge < -0.3 is 14.7 Å². The maximum atomic E-state index is 12.6. The van der Waals surface area contributed by atoms with Crippen LogP contribution < -0.4 is 4.74 Å². The summed E-state index contributed by atoms with van der Waals surface area (Å²) >= 11 is 0. The van der Waals surface area contributed by atoms with E-state index in [1.54, 1.807) is 6.92 Å². The molecular formula is C17H23NO3. The van der Waals surface area contributed by atoms with Crippen molar-refractivity contribution in [1.29, 1.82) is 0 Å². The number of nitrogens with zero attached hydrogens (tertiary/aromatic N) is 1. The number of fused-ring (bicyclic) bond motifs is 1. The molecule has 0 spiro atoms. The first-order valence-corrected chi connectivity index (χ1v) is 7.69. The second-order valence-electron chi connectivity index (χ2n) is 6.43. The highest BCUT2D eigenvalue weighted by atomic mass is 16.5. The van der Waals surface area contributed by atoms with Crippen LogP contribution in [0.3, 0.4) is 0 Å². The van der Waals surface area contributed by atoms with Gasteiger partial charge in [0.25, 0.3) is 5.91 Å². The SMILES string of the molecule is Cc1cc2c(cc1C)OC(C(=O)N1CCC(C(C)O)C1)C2. The second-order valence-corrected chi connectivity index (χ2v) is 6.43. The van der Waals surface area contributed by atoms with Crippen LogP contribution in [0.1, 0.15) is 30.0 Å². The van der Waals surface area contributed by atoms with Crippen molar-refractivity contribution in [2.45, 2.75) is 45.8 Å². The molecule has 21 heavy (non-hydrogen) atoms. The number of benzene rings is 1. The zero-order chi connectivity index (χ0) is 15.1. The van der Waals surface area contributed by atoms with Gasteiger partial charge in [0.15, 0.2) is 6.10 Å². The quantitative estimate of drug-likeness (QED) is 0.904. The zero-order valence-corrected chi connectivity index (χ0v) is 12.9. The normalized spacial score (nSPS) is 25.6. The van der Waals surface area contributed by atoms with Crippen molar-refractivity contribution in [2.24, 2.45) is 5.92 Å². The lowest BCUT2D eigenvalue weighted by atomic mass is 10.0. The van der Waals surface area contributed by atoms with E-state index in [0.717, 1.165) is 24.3 Å². The number of hydrogen-bond acceptors (Lipinski definition) is 3. The lowest BCUT2D eigenvalue weighted by Gasteiger charge is -2.21. The van der Waals surface area contributed by atoms with Crippen molar-refractivity contribution < 1.29 is 14.6 Å². The van der Waals surface area contributed by atoms with E-state index in [9.17, 15) is 9.90 Å². The Morgan fingerprint density at radius 3 is 2.76 bits per heavy atom. The van der Waals surface area contributed by atoms with Crippen LogP contribution in [0, 0.1) is 19.8 Å². The number of likely N-dealkylation sites (tertiary alicyclic amines) is 1. The molecule has 1 saturated heterocycles. The second kappa shape index (κ2) is 5.34. The van der Waals surface area contributed by atoms with Crippen molar-refractivity contribution in [2.75, 3.05) is 13.1 Å². The van der Waals surface area contributed by atoms with Gasteiger partial charge in [-0.2, -0.15) is 0 Å². The van der Waals surface area contributed by atoms with Crippen LogP contribution in [-0.4, -0.2) is 41.2 Å². The van der Waals surface area contributed by atoms with Gasteiger partial charge in [-0.3, -0.25) is 4.79 Å². The minimum atomic E-state index is -0.394. The number of aliphatic hydroxyl groups excluding tert-OH is 1. The highest BCUT2D eigenvalue weighted by molar-refractivity contribution is 5.83. The van der Waals surface area contributed by atoms with Crippen molar-refractivity contribution in [3.63, 3.8) is 0 Å². The Morgan fingerprint density at radius 1 is 1.38 bits per heavy atom. The monoisotopic (exact) mass is 289 g/mol. The summed E-state index contributed by atoms with van der Waals surface area (Å²) in [6, 6.07) is 4.15. The molecule has 1 aromatic rings. The van der Waals surface area contributed by atoms with Gasteiger partial charge in [-0.05, 0) is 49.9 Å². The van der Waals surface area contributed by atoms with Crippen molar-refractivity contribution >= 4 is 5.91 Å². The largest absolute Gasteiger partial charge is 0.480 e. The van der Waals surface area contributed by atoms with E-state index in [0.29, 0.717) is 13.0 Å².